The molecule has 0 aromatic carbocycles. The molecule has 0 bridgehead atoms. The molecule has 0 saturated carbocycles. The van der Waals surface area contributed by atoms with E-state index in [1.807, 2.05) is 0 Å². The zero-order chi connectivity index (χ0) is 20.1. The van der Waals surface area contributed by atoms with E-state index in [0.717, 1.165) is 32.1 Å². The number of hydrogen-bond acceptors (Lipinski definition) is 8. The highest BCUT2D eigenvalue weighted by Crippen LogP contribution is 2.12. The number of hydrogen-bond donors (Lipinski definition) is 7. The van der Waals surface area contributed by atoms with Gasteiger partial charge in [0.15, 0.2) is 6.10 Å². The molecule has 1 amide bonds. The first-order valence-electron chi connectivity index (χ1n) is 9.22. The Labute approximate surface area is 154 Å². The average Bonchev–Trinajstić information content (AvgIpc) is 2.66. The molecule has 0 heterocycles. The van der Waals surface area contributed by atoms with Crippen LogP contribution in [-0.4, -0.2) is 103 Å². The molecule has 0 spiro atoms. The van der Waals surface area contributed by atoms with Gasteiger partial charge in [0.1, 0.15) is 24.4 Å². The Balaban J connectivity index is 4.63. The topological polar surface area (TPSA) is 162 Å². The predicted octanol–water partition coefficient (Wildman–Crippen LogP) is -2.04. The fourth-order valence-electron chi connectivity index (χ4n) is 2.59. The molecule has 0 aromatic rings. The van der Waals surface area contributed by atoms with Crippen molar-refractivity contribution < 1.29 is 40.5 Å². The van der Waals surface area contributed by atoms with Crippen molar-refractivity contribution >= 4 is 5.91 Å². The van der Waals surface area contributed by atoms with Crippen LogP contribution < -0.4 is 0 Å². The van der Waals surface area contributed by atoms with Crippen molar-refractivity contribution in [3.8, 4) is 0 Å². The van der Waals surface area contributed by atoms with Crippen molar-refractivity contribution in [3.05, 3.63) is 0 Å². The van der Waals surface area contributed by atoms with Crippen molar-refractivity contribution in [2.45, 2.75) is 76.0 Å². The van der Waals surface area contributed by atoms with Crippen LogP contribution in [0.15, 0.2) is 0 Å². The number of nitrogens with zero attached hydrogens (tertiary/aromatic N) is 1. The summed E-state index contributed by atoms with van der Waals surface area (Å²) >= 11 is 0. The molecule has 0 aromatic heterocycles. The van der Waals surface area contributed by atoms with Crippen LogP contribution in [0.2, 0.25) is 0 Å². The maximum atomic E-state index is 12.3. The summed E-state index contributed by atoms with van der Waals surface area (Å²) in [6.45, 7) is 1.18. The quantitative estimate of drug-likeness (QED) is 0.160. The van der Waals surface area contributed by atoms with Gasteiger partial charge in [0.25, 0.3) is 5.91 Å². The molecule has 0 rings (SSSR count). The van der Waals surface area contributed by atoms with Gasteiger partial charge in [-0.05, 0) is 6.42 Å². The third kappa shape index (κ3) is 8.72. The van der Waals surface area contributed by atoms with Crippen LogP contribution in [0.1, 0.15) is 45.4 Å². The van der Waals surface area contributed by atoms with E-state index in [4.69, 9.17) is 10.2 Å². The third-order valence-corrected chi connectivity index (χ3v) is 4.32. The number of unbranched alkanes of at least 4 members (excludes halogenated alkanes) is 5. The molecular formula is C17H35NO8. The minimum Gasteiger partial charge on any atom is -0.395 e. The Morgan fingerprint density at radius 2 is 1.38 bits per heavy atom. The average molecular weight is 381 g/mol. The first-order chi connectivity index (χ1) is 12.3. The molecule has 156 valence electrons. The van der Waals surface area contributed by atoms with Gasteiger partial charge in [0, 0.05) is 13.1 Å². The molecule has 5 atom stereocenters. The monoisotopic (exact) mass is 381 g/mol. The molecule has 0 aliphatic carbocycles. The maximum absolute atomic E-state index is 12.3. The fraction of sp³-hybridized carbons (Fsp3) is 0.941. The molecule has 0 fully saturated rings. The molecule has 0 radical (unpaired) electrons. The van der Waals surface area contributed by atoms with E-state index in [1.54, 1.807) is 0 Å². The smallest absolute Gasteiger partial charge is 0.254 e. The highest BCUT2D eigenvalue weighted by Gasteiger charge is 2.38. The number of carbonyl (C=O) groups excluding carboxylic acids is 1. The summed E-state index contributed by atoms with van der Waals surface area (Å²) in [5, 5.41) is 66.4. The lowest BCUT2D eigenvalue weighted by molar-refractivity contribution is -0.164. The van der Waals surface area contributed by atoms with E-state index in [2.05, 4.69) is 6.92 Å². The van der Waals surface area contributed by atoms with E-state index in [0.29, 0.717) is 6.42 Å². The largest absolute Gasteiger partial charge is 0.395 e. The molecule has 0 aliphatic heterocycles. The molecule has 0 saturated heterocycles. The van der Waals surface area contributed by atoms with Crippen LogP contribution in [0.25, 0.3) is 0 Å². The van der Waals surface area contributed by atoms with Gasteiger partial charge in [0.05, 0.1) is 13.2 Å². The van der Waals surface area contributed by atoms with E-state index in [-0.39, 0.29) is 19.7 Å². The van der Waals surface area contributed by atoms with Crippen LogP contribution in [0.3, 0.4) is 0 Å². The zero-order valence-electron chi connectivity index (χ0n) is 15.4. The van der Waals surface area contributed by atoms with Crippen LogP contribution in [-0.2, 0) is 4.79 Å². The van der Waals surface area contributed by atoms with Gasteiger partial charge < -0.3 is 40.6 Å². The van der Waals surface area contributed by atoms with Crippen LogP contribution in [0.4, 0.5) is 0 Å². The first kappa shape index (κ1) is 25.2. The summed E-state index contributed by atoms with van der Waals surface area (Å²) in [6.07, 6.45) is -3.82. The Morgan fingerprint density at radius 3 is 1.92 bits per heavy atom. The van der Waals surface area contributed by atoms with Gasteiger partial charge in [-0.15, -0.1) is 0 Å². The molecule has 26 heavy (non-hydrogen) atoms. The van der Waals surface area contributed by atoms with Gasteiger partial charge in [-0.25, -0.2) is 0 Å². The van der Waals surface area contributed by atoms with Crippen molar-refractivity contribution in [1.82, 2.24) is 4.90 Å². The first-order valence-corrected chi connectivity index (χ1v) is 9.22. The summed E-state index contributed by atoms with van der Waals surface area (Å²) in [6, 6.07) is 0. The summed E-state index contributed by atoms with van der Waals surface area (Å²) in [5.74, 6) is -0.884. The predicted molar refractivity (Wildman–Crippen MR) is 94.2 cm³/mol. The van der Waals surface area contributed by atoms with Crippen molar-refractivity contribution in [2.75, 3.05) is 26.3 Å². The minimum absolute atomic E-state index is 0.0323. The lowest BCUT2D eigenvalue weighted by Crippen LogP contribution is -2.55. The lowest BCUT2D eigenvalue weighted by Gasteiger charge is -2.31. The molecule has 5 unspecified atom stereocenters. The van der Waals surface area contributed by atoms with E-state index >= 15 is 0 Å². The highest BCUT2D eigenvalue weighted by atomic mass is 16.4. The number of aliphatic hydroxyl groups excluding tert-OH is 7. The molecule has 9 nitrogen and oxygen atoms in total. The number of amides is 1. The van der Waals surface area contributed by atoms with Gasteiger partial charge >= 0.3 is 0 Å². The molecule has 9 heteroatoms. The summed E-state index contributed by atoms with van der Waals surface area (Å²) in [5.41, 5.74) is 0. The summed E-state index contributed by atoms with van der Waals surface area (Å²) in [7, 11) is 0. The minimum atomic E-state index is -2.05. The number of rotatable bonds is 15. The van der Waals surface area contributed by atoms with Gasteiger partial charge in [-0.3, -0.25) is 4.79 Å². The summed E-state index contributed by atoms with van der Waals surface area (Å²) in [4.78, 5) is 13.5. The Morgan fingerprint density at radius 1 is 0.808 bits per heavy atom. The molecule has 0 aliphatic rings. The van der Waals surface area contributed by atoms with E-state index in [9.17, 15) is 30.3 Å². The SMILES string of the molecule is CCCCCCCCN(CCO)C(=O)C(O)C(O)C(O)C(O)C(O)CO. The number of carbonyl (C=O) groups is 1. The summed E-state index contributed by atoms with van der Waals surface area (Å²) < 4.78 is 0. The number of aliphatic hydroxyl groups is 7. The van der Waals surface area contributed by atoms with E-state index in [1.165, 1.54) is 4.90 Å². The van der Waals surface area contributed by atoms with Gasteiger partial charge in [-0.1, -0.05) is 39.0 Å². The zero-order valence-corrected chi connectivity index (χ0v) is 15.4. The van der Waals surface area contributed by atoms with Crippen LogP contribution in [0, 0.1) is 0 Å². The highest BCUT2D eigenvalue weighted by molar-refractivity contribution is 5.81. The Hall–Kier alpha value is -0.810. The van der Waals surface area contributed by atoms with Crippen LogP contribution >= 0.6 is 0 Å². The molecule has 7 N–H and O–H groups in total. The molecular weight excluding hydrogens is 346 g/mol. The van der Waals surface area contributed by atoms with Crippen molar-refractivity contribution in [3.63, 3.8) is 0 Å². The maximum Gasteiger partial charge on any atom is 0.254 e. The van der Waals surface area contributed by atoms with Gasteiger partial charge in [-0.2, -0.15) is 0 Å². The standard InChI is InChI=1S/C17H35NO8/c1-2-3-4-5-6-7-8-18(9-10-19)17(26)16(25)15(24)14(23)13(22)12(21)11-20/h12-16,19-25H,2-11H2,1H3. The van der Waals surface area contributed by atoms with Crippen LogP contribution in [0.5, 0.6) is 0 Å². The van der Waals surface area contributed by atoms with Crippen molar-refractivity contribution in [2.24, 2.45) is 0 Å². The fourth-order valence-corrected chi connectivity index (χ4v) is 2.59. The van der Waals surface area contributed by atoms with Crippen molar-refractivity contribution in [1.29, 1.82) is 0 Å². The second kappa shape index (κ2) is 14.3. The Bertz CT molecular complexity index is 371. The van der Waals surface area contributed by atoms with E-state index < -0.39 is 43.0 Å². The van der Waals surface area contributed by atoms with Gasteiger partial charge in [0.2, 0.25) is 0 Å². The second-order valence-corrected chi connectivity index (χ2v) is 6.48. The second-order valence-electron chi connectivity index (χ2n) is 6.48. The third-order valence-electron chi connectivity index (χ3n) is 4.32. The Kier molecular flexibility index (Phi) is 13.8. The normalized spacial score (nSPS) is 17.4. The lowest BCUT2D eigenvalue weighted by atomic mass is 9.98.